The van der Waals surface area contributed by atoms with Gasteiger partial charge >= 0.3 is 0 Å². The normalized spacial score (nSPS) is 13.3. The van der Waals surface area contributed by atoms with Crippen molar-refractivity contribution in [1.29, 1.82) is 0 Å². The van der Waals surface area contributed by atoms with Gasteiger partial charge in [-0.25, -0.2) is 0 Å². The van der Waals surface area contributed by atoms with Gasteiger partial charge in [0, 0.05) is 25.4 Å². The lowest BCUT2D eigenvalue weighted by atomic mass is 10.3. The molecule has 3 nitrogen and oxygen atoms in total. The van der Waals surface area contributed by atoms with Crippen molar-refractivity contribution in [2.24, 2.45) is 4.99 Å². The summed E-state index contributed by atoms with van der Waals surface area (Å²) in [5.74, 6) is 1.01. The highest BCUT2D eigenvalue weighted by Gasteiger charge is 2.05. The zero-order chi connectivity index (χ0) is 13.1. The van der Waals surface area contributed by atoms with Crippen molar-refractivity contribution in [3.8, 4) is 0 Å². The Morgan fingerprint density at radius 3 is 2.82 bits per heavy atom. The summed E-state index contributed by atoms with van der Waals surface area (Å²) >= 11 is 1.85. The van der Waals surface area contributed by atoms with Gasteiger partial charge in [0.2, 0.25) is 0 Å². The number of hydrogen-bond donors (Lipinski definition) is 1. The van der Waals surface area contributed by atoms with E-state index < -0.39 is 0 Å². The second kappa shape index (κ2) is 10.5. The van der Waals surface area contributed by atoms with Crippen molar-refractivity contribution in [1.82, 2.24) is 10.2 Å². The van der Waals surface area contributed by atoms with Gasteiger partial charge < -0.3 is 10.2 Å². The number of nitrogens with zero attached hydrogens (tertiary/aromatic N) is 2. The first kappa shape index (κ1) is 16.4. The Labute approximate surface area is 111 Å². The van der Waals surface area contributed by atoms with E-state index in [4.69, 9.17) is 0 Å². The van der Waals surface area contributed by atoms with Gasteiger partial charge in [0.05, 0.1) is 6.54 Å². The molecule has 0 heterocycles. The number of allylic oxidation sites excluding steroid dienone is 1. The summed E-state index contributed by atoms with van der Waals surface area (Å²) < 4.78 is 0. The highest BCUT2D eigenvalue weighted by Crippen LogP contribution is 2.05. The van der Waals surface area contributed by atoms with E-state index >= 15 is 0 Å². The third-order valence-electron chi connectivity index (χ3n) is 2.50. The first-order valence-corrected chi connectivity index (χ1v) is 7.57. The molecule has 0 amide bonds. The largest absolute Gasteiger partial charge is 0.357 e. The van der Waals surface area contributed by atoms with Crippen LogP contribution in [0.5, 0.6) is 0 Å². The molecule has 17 heavy (non-hydrogen) atoms. The predicted molar refractivity (Wildman–Crippen MR) is 81.0 cm³/mol. The number of guanidine groups is 1. The number of thioether (sulfide) groups is 1. The van der Waals surface area contributed by atoms with E-state index in [9.17, 15) is 0 Å². The molecule has 1 N–H and O–H groups in total. The number of nitrogens with one attached hydrogen (secondary N) is 1. The maximum absolute atomic E-state index is 4.65. The maximum atomic E-state index is 4.65. The van der Waals surface area contributed by atoms with E-state index in [0.29, 0.717) is 5.25 Å². The average molecular weight is 257 g/mol. The van der Waals surface area contributed by atoms with Crippen molar-refractivity contribution >= 4 is 17.7 Å². The Morgan fingerprint density at radius 1 is 1.59 bits per heavy atom. The maximum Gasteiger partial charge on any atom is 0.193 e. The molecule has 0 bridgehead atoms. The highest BCUT2D eigenvalue weighted by atomic mass is 32.2. The van der Waals surface area contributed by atoms with Crippen molar-refractivity contribution in [2.45, 2.75) is 31.9 Å². The fraction of sp³-hybridized carbons (Fsp3) is 0.769. The summed E-state index contributed by atoms with van der Waals surface area (Å²) in [5, 5.41) is 3.90. The van der Waals surface area contributed by atoms with Crippen LogP contribution in [0.15, 0.2) is 17.6 Å². The molecule has 4 heteroatoms. The van der Waals surface area contributed by atoms with E-state index in [1.54, 1.807) is 0 Å². The summed E-state index contributed by atoms with van der Waals surface area (Å²) in [5.41, 5.74) is 0. The lowest BCUT2D eigenvalue weighted by molar-refractivity contribution is 0.470. The van der Waals surface area contributed by atoms with Crippen LogP contribution in [0.1, 0.15) is 26.7 Å². The molecular weight excluding hydrogens is 230 g/mol. The topological polar surface area (TPSA) is 27.6 Å². The van der Waals surface area contributed by atoms with Crippen molar-refractivity contribution in [2.75, 3.05) is 32.9 Å². The molecule has 0 saturated heterocycles. The van der Waals surface area contributed by atoms with Gasteiger partial charge in [-0.05, 0) is 26.0 Å². The molecule has 0 aromatic heterocycles. The lowest BCUT2D eigenvalue weighted by Gasteiger charge is -2.22. The molecule has 0 aliphatic heterocycles. The monoisotopic (exact) mass is 257 g/mol. The van der Waals surface area contributed by atoms with Crippen LogP contribution < -0.4 is 5.32 Å². The molecule has 0 aromatic carbocycles. The van der Waals surface area contributed by atoms with Gasteiger partial charge in [0.1, 0.15) is 0 Å². The van der Waals surface area contributed by atoms with Crippen LogP contribution in [0.2, 0.25) is 0 Å². The fourth-order valence-electron chi connectivity index (χ4n) is 1.34. The molecule has 1 atom stereocenters. The summed E-state index contributed by atoms with van der Waals surface area (Å²) in [6, 6.07) is 0. The van der Waals surface area contributed by atoms with Crippen molar-refractivity contribution in [3.05, 3.63) is 12.7 Å². The molecule has 1 unspecified atom stereocenters. The van der Waals surface area contributed by atoms with Crippen LogP contribution in [0.3, 0.4) is 0 Å². The van der Waals surface area contributed by atoms with Crippen LogP contribution in [0.25, 0.3) is 0 Å². The Hall–Kier alpha value is -0.640. The van der Waals surface area contributed by atoms with Crippen LogP contribution >= 0.6 is 11.8 Å². The van der Waals surface area contributed by atoms with Gasteiger partial charge in [-0.1, -0.05) is 13.0 Å². The Morgan fingerprint density at radius 2 is 2.29 bits per heavy atom. The molecule has 0 saturated carbocycles. The fourth-order valence-corrected chi connectivity index (χ4v) is 1.56. The predicted octanol–water partition coefficient (Wildman–Crippen LogP) is 2.60. The number of rotatable bonds is 8. The lowest BCUT2D eigenvalue weighted by Crippen LogP contribution is -2.39. The summed E-state index contributed by atoms with van der Waals surface area (Å²) in [6.45, 7) is 10.9. The average Bonchev–Trinajstić information content (AvgIpc) is 2.34. The molecule has 0 aliphatic carbocycles. The van der Waals surface area contributed by atoms with Gasteiger partial charge in [-0.2, -0.15) is 11.8 Å². The van der Waals surface area contributed by atoms with Crippen LogP contribution in [0, 0.1) is 0 Å². The van der Waals surface area contributed by atoms with Gasteiger partial charge in [0.25, 0.3) is 0 Å². The minimum atomic E-state index is 0.574. The molecule has 100 valence electrons. The summed E-state index contributed by atoms with van der Waals surface area (Å²) in [4.78, 5) is 6.84. The third-order valence-corrected chi connectivity index (χ3v) is 3.45. The molecule has 0 spiro atoms. The zero-order valence-electron chi connectivity index (χ0n) is 11.7. The van der Waals surface area contributed by atoms with E-state index in [1.165, 1.54) is 0 Å². The van der Waals surface area contributed by atoms with Gasteiger partial charge in [0.15, 0.2) is 5.96 Å². The van der Waals surface area contributed by atoms with Crippen molar-refractivity contribution < 1.29 is 0 Å². The Kier molecular flexibility index (Phi) is 10.1. The minimum absolute atomic E-state index is 0.574. The number of hydrogen-bond acceptors (Lipinski definition) is 2. The van der Waals surface area contributed by atoms with E-state index in [0.717, 1.165) is 38.4 Å². The van der Waals surface area contributed by atoms with Crippen LogP contribution in [0.4, 0.5) is 0 Å². The summed E-state index contributed by atoms with van der Waals surface area (Å²) in [6.07, 6.45) is 6.28. The van der Waals surface area contributed by atoms with Gasteiger partial charge in [-0.3, -0.25) is 4.99 Å². The first-order valence-electron chi connectivity index (χ1n) is 6.28. The standard InChI is InChI=1S/C13H27N3S/c1-6-8-9-10-16(4)13(14-7-2)15-11-12(3)17-5/h6,12H,1,7-11H2,2-5H3,(H,14,15). The zero-order valence-corrected chi connectivity index (χ0v) is 12.5. The molecule has 0 aromatic rings. The Bertz CT molecular complexity index is 229. The second-order valence-electron chi connectivity index (χ2n) is 4.09. The number of unbranched alkanes of at least 4 members (excludes halogenated alkanes) is 1. The van der Waals surface area contributed by atoms with E-state index in [2.05, 4.69) is 48.9 Å². The third kappa shape index (κ3) is 8.13. The minimum Gasteiger partial charge on any atom is -0.357 e. The first-order chi connectivity index (χ1) is 8.15. The Balaban J connectivity index is 4.22. The smallest absolute Gasteiger partial charge is 0.193 e. The van der Waals surface area contributed by atoms with Crippen LogP contribution in [-0.4, -0.2) is 49.0 Å². The summed E-state index contributed by atoms with van der Waals surface area (Å²) in [7, 11) is 2.09. The van der Waals surface area contributed by atoms with Crippen molar-refractivity contribution in [3.63, 3.8) is 0 Å². The second-order valence-corrected chi connectivity index (χ2v) is 5.37. The van der Waals surface area contributed by atoms with E-state index in [1.807, 2.05) is 17.8 Å². The molecule has 0 aliphatic rings. The SMILES string of the molecule is C=CCCCN(C)C(=NCC(C)SC)NCC. The van der Waals surface area contributed by atoms with Gasteiger partial charge in [-0.15, -0.1) is 6.58 Å². The van der Waals surface area contributed by atoms with Crippen LogP contribution in [-0.2, 0) is 0 Å². The molecule has 0 fully saturated rings. The quantitative estimate of drug-likeness (QED) is 0.313. The molecular formula is C13H27N3S. The molecule has 0 radical (unpaired) electrons. The number of aliphatic imine (C=N–C) groups is 1. The van der Waals surface area contributed by atoms with E-state index in [-0.39, 0.29) is 0 Å². The highest BCUT2D eigenvalue weighted by molar-refractivity contribution is 7.99. The molecule has 0 rings (SSSR count).